The van der Waals surface area contributed by atoms with Crippen LogP contribution in [0.15, 0.2) is 41.3 Å². The van der Waals surface area contributed by atoms with E-state index in [0.29, 0.717) is 43.5 Å². The average Bonchev–Trinajstić information content (AvgIpc) is 2.77. The van der Waals surface area contributed by atoms with E-state index in [0.717, 1.165) is 12.8 Å². The van der Waals surface area contributed by atoms with Crippen molar-refractivity contribution in [2.24, 2.45) is 0 Å². The molecule has 0 bridgehead atoms. The van der Waals surface area contributed by atoms with Gasteiger partial charge in [-0.1, -0.05) is 39.3 Å². The summed E-state index contributed by atoms with van der Waals surface area (Å²) in [5, 5.41) is 2.93. The van der Waals surface area contributed by atoms with Gasteiger partial charge in [0.15, 0.2) is 11.5 Å². The van der Waals surface area contributed by atoms with Crippen molar-refractivity contribution in [3.63, 3.8) is 0 Å². The van der Waals surface area contributed by atoms with Gasteiger partial charge in [-0.2, -0.15) is 4.31 Å². The molecule has 0 aliphatic carbocycles. The first-order valence-electron chi connectivity index (χ1n) is 10.8. The monoisotopic (exact) mass is 482 g/mol. The number of halogens is 1. The van der Waals surface area contributed by atoms with Gasteiger partial charge in [0, 0.05) is 24.8 Å². The van der Waals surface area contributed by atoms with Crippen LogP contribution in [0.5, 0.6) is 11.5 Å². The van der Waals surface area contributed by atoms with E-state index in [-0.39, 0.29) is 15.5 Å². The number of carbonyl (C=O) groups excluding carboxylic acids is 1. The molecule has 0 radical (unpaired) electrons. The summed E-state index contributed by atoms with van der Waals surface area (Å²) in [5.41, 5.74) is 0.556. The van der Waals surface area contributed by atoms with E-state index >= 15 is 0 Å². The van der Waals surface area contributed by atoms with E-state index in [4.69, 9.17) is 21.1 Å². The molecule has 0 atom stereocenters. The third kappa shape index (κ3) is 6.37. The lowest BCUT2D eigenvalue weighted by atomic mass is 10.2. The number of ether oxygens (including phenoxy) is 2. The number of amides is 1. The number of benzene rings is 2. The van der Waals surface area contributed by atoms with Gasteiger partial charge < -0.3 is 14.8 Å². The molecule has 0 aliphatic heterocycles. The fourth-order valence-corrected chi connectivity index (χ4v) is 4.68. The van der Waals surface area contributed by atoms with Gasteiger partial charge in [0.25, 0.3) is 5.91 Å². The van der Waals surface area contributed by atoms with Crippen molar-refractivity contribution in [1.82, 2.24) is 4.31 Å². The Hall–Kier alpha value is -2.29. The molecule has 1 N–H and O–H groups in total. The highest BCUT2D eigenvalue weighted by atomic mass is 35.5. The second-order valence-electron chi connectivity index (χ2n) is 7.04. The number of hydrogen-bond acceptors (Lipinski definition) is 5. The number of sulfonamides is 1. The Bertz CT molecular complexity index is 1020. The van der Waals surface area contributed by atoms with Gasteiger partial charge in [0.1, 0.15) is 0 Å². The Balaban J connectivity index is 2.32. The normalized spacial score (nSPS) is 11.4. The second-order valence-corrected chi connectivity index (χ2v) is 9.39. The molecule has 2 rings (SSSR count). The SMILES string of the molecule is CCCOc1ccc(NC(=O)c2cc(S(=O)(=O)N(CC)CC)ccc2Cl)cc1OCCC. The molecule has 0 heterocycles. The molecule has 0 aliphatic rings. The van der Waals surface area contributed by atoms with E-state index in [1.165, 1.54) is 22.5 Å². The Labute approximate surface area is 195 Å². The van der Waals surface area contributed by atoms with Gasteiger partial charge >= 0.3 is 0 Å². The van der Waals surface area contributed by atoms with Gasteiger partial charge in [-0.3, -0.25) is 4.79 Å². The quantitative estimate of drug-likeness (QED) is 0.449. The summed E-state index contributed by atoms with van der Waals surface area (Å²) < 4.78 is 38.5. The molecule has 7 nitrogen and oxygen atoms in total. The van der Waals surface area contributed by atoms with Crippen molar-refractivity contribution in [3.8, 4) is 11.5 Å². The minimum Gasteiger partial charge on any atom is -0.490 e. The molecule has 32 heavy (non-hydrogen) atoms. The van der Waals surface area contributed by atoms with Crippen molar-refractivity contribution in [1.29, 1.82) is 0 Å². The number of nitrogens with zero attached hydrogens (tertiary/aromatic N) is 1. The van der Waals surface area contributed by atoms with Crippen molar-refractivity contribution >= 4 is 33.2 Å². The van der Waals surface area contributed by atoms with Gasteiger partial charge in [-0.15, -0.1) is 0 Å². The molecule has 0 aromatic heterocycles. The molecule has 0 saturated carbocycles. The molecule has 0 unspecified atom stereocenters. The molecule has 0 spiro atoms. The Morgan fingerprint density at radius 2 is 1.56 bits per heavy atom. The number of rotatable bonds is 12. The predicted octanol–water partition coefficient (Wildman–Crippen LogP) is 5.20. The first kappa shape index (κ1) is 26.0. The molecular weight excluding hydrogens is 452 g/mol. The number of anilines is 1. The summed E-state index contributed by atoms with van der Waals surface area (Å²) in [7, 11) is -3.72. The molecule has 9 heteroatoms. The van der Waals surface area contributed by atoms with Crippen molar-refractivity contribution in [2.75, 3.05) is 31.6 Å². The van der Waals surface area contributed by atoms with Gasteiger partial charge in [0.2, 0.25) is 10.0 Å². The Morgan fingerprint density at radius 3 is 2.16 bits per heavy atom. The average molecular weight is 483 g/mol. The van der Waals surface area contributed by atoms with Crippen LogP contribution in [0.3, 0.4) is 0 Å². The van der Waals surface area contributed by atoms with Crippen LogP contribution in [0.1, 0.15) is 50.9 Å². The smallest absolute Gasteiger partial charge is 0.257 e. The fraction of sp³-hybridized carbons (Fsp3) is 0.435. The third-order valence-electron chi connectivity index (χ3n) is 4.65. The van der Waals surface area contributed by atoms with Crippen LogP contribution in [0.2, 0.25) is 5.02 Å². The zero-order chi connectivity index (χ0) is 23.7. The lowest BCUT2D eigenvalue weighted by Gasteiger charge is -2.19. The maximum Gasteiger partial charge on any atom is 0.257 e. The van der Waals surface area contributed by atoms with Crippen LogP contribution in [-0.4, -0.2) is 44.9 Å². The highest BCUT2D eigenvalue weighted by molar-refractivity contribution is 7.89. The van der Waals surface area contributed by atoms with E-state index in [9.17, 15) is 13.2 Å². The minimum atomic E-state index is -3.72. The fourth-order valence-electron chi connectivity index (χ4n) is 2.99. The van der Waals surface area contributed by atoms with Crippen LogP contribution >= 0.6 is 11.6 Å². The molecule has 176 valence electrons. The second kappa shape index (κ2) is 12.1. The molecule has 2 aromatic carbocycles. The summed E-state index contributed by atoms with van der Waals surface area (Å²) in [6.45, 7) is 9.26. The Kier molecular flexibility index (Phi) is 9.81. The summed E-state index contributed by atoms with van der Waals surface area (Å²) in [5.74, 6) is 0.612. The summed E-state index contributed by atoms with van der Waals surface area (Å²) in [6.07, 6.45) is 1.68. The third-order valence-corrected chi connectivity index (χ3v) is 7.03. The van der Waals surface area contributed by atoms with Crippen LogP contribution in [0.4, 0.5) is 5.69 Å². The van der Waals surface area contributed by atoms with E-state index < -0.39 is 15.9 Å². The van der Waals surface area contributed by atoms with Crippen molar-refractivity contribution in [3.05, 3.63) is 47.0 Å². The van der Waals surface area contributed by atoms with Crippen LogP contribution in [-0.2, 0) is 10.0 Å². The highest BCUT2D eigenvalue weighted by Gasteiger charge is 2.24. The summed E-state index contributed by atoms with van der Waals surface area (Å²) >= 11 is 6.22. The number of carbonyl (C=O) groups is 1. The maximum atomic E-state index is 12.9. The van der Waals surface area contributed by atoms with Crippen LogP contribution in [0.25, 0.3) is 0 Å². The van der Waals surface area contributed by atoms with Gasteiger partial charge in [-0.05, 0) is 43.2 Å². The minimum absolute atomic E-state index is 0.0195. The lowest BCUT2D eigenvalue weighted by Crippen LogP contribution is -2.30. The summed E-state index contributed by atoms with van der Waals surface area (Å²) in [6, 6.07) is 9.25. The first-order chi connectivity index (χ1) is 15.3. The first-order valence-corrected chi connectivity index (χ1v) is 12.6. The maximum absolute atomic E-state index is 12.9. The van der Waals surface area contributed by atoms with E-state index in [2.05, 4.69) is 5.32 Å². The van der Waals surface area contributed by atoms with Gasteiger partial charge in [-0.25, -0.2) is 8.42 Å². The van der Waals surface area contributed by atoms with Crippen molar-refractivity contribution in [2.45, 2.75) is 45.4 Å². The largest absolute Gasteiger partial charge is 0.490 e. The van der Waals surface area contributed by atoms with Crippen molar-refractivity contribution < 1.29 is 22.7 Å². The molecule has 0 fully saturated rings. The highest BCUT2D eigenvalue weighted by Crippen LogP contribution is 2.32. The molecule has 2 aromatic rings. The topological polar surface area (TPSA) is 84.9 Å². The zero-order valence-electron chi connectivity index (χ0n) is 19.0. The van der Waals surface area contributed by atoms with E-state index in [1.54, 1.807) is 32.0 Å². The van der Waals surface area contributed by atoms with Crippen LogP contribution < -0.4 is 14.8 Å². The zero-order valence-corrected chi connectivity index (χ0v) is 20.6. The number of nitrogens with one attached hydrogen (secondary N) is 1. The molecular formula is C23H31ClN2O5S. The van der Waals surface area contributed by atoms with Crippen LogP contribution in [0, 0.1) is 0 Å². The predicted molar refractivity (Wildman–Crippen MR) is 128 cm³/mol. The summed E-state index contributed by atoms with van der Waals surface area (Å²) in [4.78, 5) is 12.9. The lowest BCUT2D eigenvalue weighted by molar-refractivity contribution is 0.102. The molecule has 0 saturated heterocycles. The number of hydrogen-bond donors (Lipinski definition) is 1. The molecule has 1 amide bonds. The standard InChI is InChI=1S/C23H31ClN2O5S/c1-5-13-30-21-12-9-17(15-22(21)31-14-6-2)25-23(27)19-16-18(10-11-20(19)24)32(28,29)26(7-3)8-4/h9-12,15-16H,5-8,13-14H2,1-4H3,(H,25,27). The van der Waals surface area contributed by atoms with Gasteiger partial charge in [0.05, 0.1) is 28.7 Å². The Morgan fingerprint density at radius 1 is 0.938 bits per heavy atom. The van der Waals surface area contributed by atoms with E-state index in [1.807, 2.05) is 13.8 Å².